The van der Waals surface area contributed by atoms with E-state index in [1.54, 1.807) is 23.0 Å². The minimum atomic E-state index is -0.358. The first-order chi connectivity index (χ1) is 12.6. The molecule has 1 fully saturated rings. The highest BCUT2D eigenvalue weighted by Gasteiger charge is 2.33. The fraction of sp³-hybridized carbons (Fsp3) is 0.368. The van der Waals surface area contributed by atoms with Gasteiger partial charge in [0.25, 0.3) is 5.56 Å². The number of hydrogen-bond donors (Lipinski definition) is 1. The second-order valence-corrected chi connectivity index (χ2v) is 7.64. The zero-order chi connectivity index (χ0) is 18.1. The Hall–Kier alpha value is -2.09. The highest BCUT2D eigenvalue weighted by molar-refractivity contribution is 7.17. The van der Waals surface area contributed by atoms with Crippen molar-refractivity contribution in [3.8, 4) is 11.1 Å². The largest absolute Gasteiger partial charge is 0.396 e. The minimum Gasteiger partial charge on any atom is -0.396 e. The van der Waals surface area contributed by atoms with Gasteiger partial charge in [-0.25, -0.2) is 9.37 Å². The molecule has 1 N–H and O–H groups in total. The van der Waals surface area contributed by atoms with Crippen LogP contribution in [0.25, 0.3) is 21.3 Å². The normalized spacial score (nSPS) is 16.8. The Morgan fingerprint density at radius 2 is 2.00 bits per heavy atom. The summed E-state index contributed by atoms with van der Waals surface area (Å²) >= 11 is 1.40. The molecule has 1 aromatic carbocycles. The van der Waals surface area contributed by atoms with Gasteiger partial charge in [-0.05, 0) is 30.5 Å². The lowest BCUT2D eigenvalue weighted by Gasteiger charge is -2.35. The van der Waals surface area contributed by atoms with E-state index in [-0.39, 0.29) is 23.4 Å². The number of aromatic nitrogens is 2. The molecule has 0 amide bonds. The van der Waals surface area contributed by atoms with Gasteiger partial charge in [-0.3, -0.25) is 9.36 Å². The number of aliphatic hydroxyl groups excluding tert-OH is 1. The van der Waals surface area contributed by atoms with Gasteiger partial charge in [-0.15, -0.1) is 11.3 Å². The molecule has 4 rings (SSSR count). The number of fused-ring (bicyclic) bond motifs is 1. The van der Waals surface area contributed by atoms with Gasteiger partial charge in [0, 0.05) is 36.1 Å². The molecule has 26 heavy (non-hydrogen) atoms. The number of rotatable bonds is 4. The van der Waals surface area contributed by atoms with E-state index >= 15 is 0 Å². The third-order valence-corrected chi connectivity index (χ3v) is 6.00. The molecule has 7 heteroatoms. The minimum absolute atomic E-state index is 0.00922. The Kier molecular flexibility index (Phi) is 4.60. The number of thiophene rings is 1. The maximum absolute atomic E-state index is 13.2. The van der Waals surface area contributed by atoms with Gasteiger partial charge in [-0.1, -0.05) is 12.1 Å². The Labute approximate surface area is 153 Å². The van der Waals surface area contributed by atoms with Gasteiger partial charge < -0.3 is 9.84 Å². The monoisotopic (exact) mass is 374 g/mol. The molecule has 136 valence electrons. The zero-order valence-corrected chi connectivity index (χ0v) is 15.0. The van der Waals surface area contributed by atoms with Gasteiger partial charge in [0.1, 0.15) is 10.6 Å². The van der Waals surface area contributed by atoms with Crippen LogP contribution in [0, 0.1) is 11.2 Å². The lowest BCUT2D eigenvalue weighted by Crippen LogP contribution is -2.39. The lowest BCUT2D eigenvalue weighted by molar-refractivity contribution is -0.0258. The molecule has 0 saturated carbocycles. The number of ether oxygens (including phenoxy) is 1. The van der Waals surface area contributed by atoms with Crippen LogP contribution in [-0.2, 0) is 11.3 Å². The van der Waals surface area contributed by atoms with Crippen molar-refractivity contribution in [1.82, 2.24) is 9.55 Å². The number of aliphatic hydroxyl groups is 1. The highest BCUT2D eigenvalue weighted by atomic mass is 32.1. The second kappa shape index (κ2) is 6.90. The van der Waals surface area contributed by atoms with Crippen LogP contribution in [0.3, 0.4) is 0 Å². The summed E-state index contributed by atoms with van der Waals surface area (Å²) in [6.45, 7) is 1.59. The molecule has 1 saturated heterocycles. The lowest BCUT2D eigenvalue weighted by atomic mass is 9.81. The predicted molar refractivity (Wildman–Crippen MR) is 98.8 cm³/mol. The molecular weight excluding hydrogens is 355 g/mol. The SMILES string of the molecule is O=c1c2c(-c3ccc(F)cc3)csc2ncn1CC1(CO)CCOCC1. The zero-order valence-electron chi connectivity index (χ0n) is 14.2. The molecule has 0 atom stereocenters. The molecule has 0 radical (unpaired) electrons. The molecule has 5 nitrogen and oxygen atoms in total. The van der Waals surface area contributed by atoms with E-state index in [0.717, 1.165) is 11.1 Å². The van der Waals surface area contributed by atoms with Crippen LogP contribution in [0.1, 0.15) is 12.8 Å². The van der Waals surface area contributed by atoms with Crippen LogP contribution < -0.4 is 5.56 Å². The van der Waals surface area contributed by atoms with Crippen molar-refractivity contribution in [2.75, 3.05) is 19.8 Å². The second-order valence-electron chi connectivity index (χ2n) is 6.78. The third-order valence-electron chi connectivity index (χ3n) is 5.11. The number of nitrogens with zero attached hydrogens (tertiary/aromatic N) is 2. The van der Waals surface area contributed by atoms with Crippen molar-refractivity contribution >= 4 is 21.6 Å². The van der Waals surface area contributed by atoms with E-state index in [1.165, 1.54) is 23.5 Å². The van der Waals surface area contributed by atoms with Crippen LogP contribution in [0.5, 0.6) is 0 Å². The molecule has 0 bridgehead atoms. The quantitative estimate of drug-likeness (QED) is 0.762. The average Bonchev–Trinajstić information content (AvgIpc) is 3.10. The maximum atomic E-state index is 13.2. The van der Waals surface area contributed by atoms with Gasteiger partial charge in [-0.2, -0.15) is 0 Å². The molecule has 3 heterocycles. The summed E-state index contributed by atoms with van der Waals surface area (Å²) in [5, 5.41) is 12.3. The maximum Gasteiger partial charge on any atom is 0.262 e. The van der Waals surface area contributed by atoms with Crippen molar-refractivity contribution in [3.63, 3.8) is 0 Å². The summed E-state index contributed by atoms with van der Waals surface area (Å²) < 4.78 is 20.2. The molecule has 1 aliphatic heterocycles. The fourth-order valence-electron chi connectivity index (χ4n) is 3.45. The summed E-state index contributed by atoms with van der Waals surface area (Å²) in [7, 11) is 0. The highest BCUT2D eigenvalue weighted by Crippen LogP contribution is 2.33. The van der Waals surface area contributed by atoms with Crippen LogP contribution in [0.15, 0.2) is 40.8 Å². The Morgan fingerprint density at radius 3 is 2.69 bits per heavy atom. The van der Waals surface area contributed by atoms with Crippen molar-refractivity contribution in [2.24, 2.45) is 5.41 Å². The van der Waals surface area contributed by atoms with E-state index in [9.17, 15) is 14.3 Å². The summed E-state index contributed by atoms with van der Waals surface area (Å²) in [5.41, 5.74) is 1.07. The fourth-order valence-corrected chi connectivity index (χ4v) is 4.36. The number of benzene rings is 1. The van der Waals surface area contributed by atoms with E-state index in [4.69, 9.17) is 4.74 Å². The molecule has 3 aromatic rings. The Morgan fingerprint density at radius 1 is 1.27 bits per heavy atom. The van der Waals surface area contributed by atoms with Gasteiger partial charge in [0.15, 0.2) is 0 Å². The van der Waals surface area contributed by atoms with E-state index < -0.39 is 0 Å². The van der Waals surface area contributed by atoms with Gasteiger partial charge >= 0.3 is 0 Å². The van der Waals surface area contributed by atoms with Crippen molar-refractivity contribution in [3.05, 3.63) is 52.1 Å². The van der Waals surface area contributed by atoms with Crippen LogP contribution in [0.4, 0.5) is 4.39 Å². The van der Waals surface area contributed by atoms with E-state index in [1.807, 2.05) is 5.38 Å². The van der Waals surface area contributed by atoms with Gasteiger partial charge in [0.2, 0.25) is 0 Å². The summed E-state index contributed by atoms with van der Waals surface area (Å²) in [6.07, 6.45) is 2.98. The summed E-state index contributed by atoms with van der Waals surface area (Å²) in [4.78, 5) is 18.2. The number of halogens is 1. The van der Waals surface area contributed by atoms with Crippen LogP contribution >= 0.6 is 11.3 Å². The van der Waals surface area contributed by atoms with Crippen molar-refractivity contribution in [1.29, 1.82) is 0 Å². The van der Waals surface area contributed by atoms with Crippen LogP contribution in [0.2, 0.25) is 0 Å². The molecular formula is C19H19FN2O3S. The van der Waals surface area contributed by atoms with Crippen molar-refractivity contribution < 1.29 is 14.2 Å². The van der Waals surface area contributed by atoms with E-state index in [2.05, 4.69) is 4.98 Å². The summed E-state index contributed by atoms with van der Waals surface area (Å²) in [6, 6.07) is 6.11. The standard InChI is InChI=1S/C19H19FN2O3S/c20-14-3-1-13(2-4-14)15-9-26-17-16(15)18(24)22(12-21-17)10-19(11-23)5-7-25-8-6-19/h1-4,9,12,23H,5-8,10-11H2. The van der Waals surface area contributed by atoms with Crippen molar-refractivity contribution in [2.45, 2.75) is 19.4 Å². The Bertz CT molecular complexity index is 975. The third kappa shape index (κ3) is 3.06. The smallest absolute Gasteiger partial charge is 0.262 e. The molecule has 1 aliphatic rings. The average molecular weight is 374 g/mol. The number of hydrogen-bond acceptors (Lipinski definition) is 5. The predicted octanol–water partition coefficient (Wildman–Crippen LogP) is 3.05. The molecule has 0 aliphatic carbocycles. The van der Waals surface area contributed by atoms with Crippen LogP contribution in [-0.4, -0.2) is 34.5 Å². The topological polar surface area (TPSA) is 64.4 Å². The summed E-state index contributed by atoms with van der Waals surface area (Å²) in [5.74, 6) is -0.312. The van der Waals surface area contributed by atoms with E-state index in [0.29, 0.717) is 42.8 Å². The molecule has 0 unspecified atom stereocenters. The first-order valence-corrected chi connectivity index (χ1v) is 9.41. The molecule has 2 aromatic heterocycles. The Balaban J connectivity index is 1.78. The first-order valence-electron chi connectivity index (χ1n) is 8.53. The first kappa shape index (κ1) is 17.3. The molecule has 0 spiro atoms. The van der Waals surface area contributed by atoms with Gasteiger partial charge in [0.05, 0.1) is 18.3 Å².